The van der Waals surface area contributed by atoms with Crippen molar-refractivity contribution in [2.24, 2.45) is 0 Å². The number of hydrogen-bond acceptors (Lipinski definition) is 6. The van der Waals surface area contributed by atoms with Crippen LogP contribution in [0.2, 0.25) is 0 Å². The Morgan fingerprint density at radius 1 is 0.611 bits per heavy atom. The van der Waals surface area contributed by atoms with Gasteiger partial charge in [0.2, 0.25) is 20.0 Å². The molecular weight excluding hydrogens is 500 g/mol. The number of ether oxygens (including phenoxy) is 2. The maximum Gasteiger partial charge on any atom is 0.247 e. The van der Waals surface area contributed by atoms with Crippen LogP contribution in [0.3, 0.4) is 0 Å². The van der Waals surface area contributed by atoms with Gasteiger partial charge in [0.1, 0.15) is 21.3 Å². The second-order valence-electron chi connectivity index (χ2n) is 8.87. The standard InChI is InChI=1S/C26H28N2O6S2/c1-33-23-15-24(34-2)26(36(31,32)28-14-12-20-8-4-6-10-22(20)18-28)16-25(23)35(29,30)27-13-11-19-7-3-5-9-21(19)17-27/h3-10,15-16H,11-14,17-18H2,1-2H3. The summed E-state index contributed by atoms with van der Waals surface area (Å²) in [6, 6.07) is 18.0. The highest BCUT2D eigenvalue weighted by Crippen LogP contribution is 2.39. The largest absolute Gasteiger partial charge is 0.495 e. The molecule has 2 aliphatic heterocycles. The minimum Gasteiger partial charge on any atom is -0.495 e. The summed E-state index contributed by atoms with van der Waals surface area (Å²) >= 11 is 0. The fourth-order valence-corrected chi connectivity index (χ4v) is 8.11. The van der Waals surface area contributed by atoms with Gasteiger partial charge in [0.15, 0.2) is 0 Å². The molecule has 0 aromatic heterocycles. The Labute approximate surface area is 212 Å². The van der Waals surface area contributed by atoms with Crippen molar-refractivity contribution >= 4 is 20.0 Å². The molecule has 0 amide bonds. The number of rotatable bonds is 6. The Morgan fingerprint density at radius 2 is 1.00 bits per heavy atom. The number of benzene rings is 3. The van der Waals surface area contributed by atoms with Crippen molar-refractivity contribution in [1.29, 1.82) is 0 Å². The summed E-state index contributed by atoms with van der Waals surface area (Å²) in [5.41, 5.74) is 4.08. The average molecular weight is 529 g/mol. The monoisotopic (exact) mass is 528 g/mol. The molecular formula is C26H28N2O6S2. The van der Waals surface area contributed by atoms with Crippen LogP contribution in [-0.2, 0) is 46.0 Å². The first kappa shape index (κ1) is 24.8. The zero-order valence-corrected chi connectivity index (χ0v) is 21.8. The number of hydrogen-bond donors (Lipinski definition) is 0. The maximum atomic E-state index is 13.8. The quantitative estimate of drug-likeness (QED) is 0.488. The molecule has 0 aliphatic carbocycles. The Hall–Kier alpha value is -2.92. The van der Waals surface area contributed by atoms with Crippen LogP contribution in [0, 0.1) is 0 Å². The fourth-order valence-electron chi connectivity index (χ4n) is 4.87. The summed E-state index contributed by atoms with van der Waals surface area (Å²) in [5.74, 6) is 0.0716. The highest BCUT2D eigenvalue weighted by Gasteiger charge is 2.36. The lowest BCUT2D eigenvalue weighted by Crippen LogP contribution is -2.37. The van der Waals surface area contributed by atoms with Gasteiger partial charge in [-0.2, -0.15) is 8.61 Å². The maximum absolute atomic E-state index is 13.8. The third-order valence-electron chi connectivity index (χ3n) is 6.88. The molecule has 0 saturated heterocycles. The molecule has 0 saturated carbocycles. The van der Waals surface area contributed by atoms with Crippen LogP contribution in [0.1, 0.15) is 22.3 Å². The van der Waals surface area contributed by atoms with E-state index in [9.17, 15) is 16.8 Å². The Balaban J connectivity index is 1.56. The predicted octanol–water partition coefficient (Wildman–Crippen LogP) is 3.20. The summed E-state index contributed by atoms with van der Waals surface area (Å²) in [6.45, 7) is 0.996. The second kappa shape index (κ2) is 9.51. The lowest BCUT2D eigenvalue weighted by Gasteiger charge is -2.30. The van der Waals surface area contributed by atoms with Gasteiger partial charge < -0.3 is 9.47 Å². The van der Waals surface area contributed by atoms with Gasteiger partial charge in [0, 0.05) is 32.2 Å². The van der Waals surface area contributed by atoms with Crippen molar-refractivity contribution in [3.05, 3.63) is 82.9 Å². The number of fused-ring (bicyclic) bond motifs is 2. The van der Waals surface area contributed by atoms with Gasteiger partial charge >= 0.3 is 0 Å². The third-order valence-corrected chi connectivity index (χ3v) is 10.6. The van der Waals surface area contributed by atoms with E-state index < -0.39 is 20.0 Å². The molecule has 0 unspecified atom stereocenters. The van der Waals surface area contributed by atoms with Gasteiger partial charge in [-0.3, -0.25) is 0 Å². The van der Waals surface area contributed by atoms with Crippen LogP contribution in [0.5, 0.6) is 11.5 Å². The molecule has 3 aromatic rings. The first-order valence-corrected chi connectivity index (χ1v) is 14.5. The van der Waals surface area contributed by atoms with Crippen LogP contribution < -0.4 is 9.47 Å². The molecule has 8 nitrogen and oxygen atoms in total. The molecule has 0 spiro atoms. The topological polar surface area (TPSA) is 93.2 Å². The zero-order chi connectivity index (χ0) is 25.5. The summed E-state index contributed by atoms with van der Waals surface area (Å²) < 4.78 is 68.7. The summed E-state index contributed by atoms with van der Waals surface area (Å²) in [7, 11) is -5.42. The Morgan fingerprint density at radius 3 is 1.39 bits per heavy atom. The van der Waals surface area contributed by atoms with Gasteiger partial charge in [0.25, 0.3) is 0 Å². The van der Waals surface area contributed by atoms with E-state index in [0.29, 0.717) is 25.9 Å². The first-order chi connectivity index (χ1) is 17.3. The van der Waals surface area contributed by atoms with Gasteiger partial charge in [-0.1, -0.05) is 48.5 Å². The summed E-state index contributed by atoms with van der Waals surface area (Å²) in [6.07, 6.45) is 1.15. The van der Waals surface area contributed by atoms with Crippen molar-refractivity contribution in [3.63, 3.8) is 0 Å². The van der Waals surface area contributed by atoms with Crippen LogP contribution in [-0.4, -0.2) is 52.8 Å². The van der Waals surface area contributed by atoms with E-state index in [1.807, 2.05) is 48.5 Å². The molecule has 36 heavy (non-hydrogen) atoms. The van der Waals surface area contributed by atoms with Crippen LogP contribution >= 0.6 is 0 Å². The van der Waals surface area contributed by atoms with E-state index >= 15 is 0 Å². The normalized spacial score (nSPS) is 16.7. The Bertz CT molecular complexity index is 1410. The first-order valence-electron chi connectivity index (χ1n) is 11.7. The molecule has 2 aliphatic rings. The molecule has 0 bridgehead atoms. The summed E-state index contributed by atoms with van der Waals surface area (Å²) in [5, 5.41) is 0. The van der Waals surface area contributed by atoms with Crippen LogP contribution in [0.15, 0.2) is 70.5 Å². The van der Waals surface area contributed by atoms with E-state index in [0.717, 1.165) is 22.3 Å². The van der Waals surface area contributed by atoms with Crippen LogP contribution in [0.25, 0.3) is 0 Å². The minimum absolute atomic E-state index is 0.0358. The SMILES string of the molecule is COc1cc(OC)c(S(=O)(=O)N2CCc3ccccc3C2)cc1S(=O)(=O)N1CCc2ccccc2C1. The molecule has 10 heteroatoms. The van der Waals surface area contributed by atoms with Gasteiger partial charge in [0.05, 0.1) is 14.2 Å². The van der Waals surface area contributed by atoms with E-state index in [1.54, 1.807) is 0 Å². The lowest BCUT2D eigenvalue weighted by molar-refractivity contribution is 0.362. The average Bonchev–Trinajstić information content (AvgIpc) is 2.91. The summed E-state index contributed by atoms with van der Waals surface area (Å²) in [4.78, 5) is -0.387. The minimum atomic E-state index is -4.06. The van der Waals surface area contributed by atoms with Gasteiger partial charge in [-0.05, 0) is 41.2 Å². The van der Waals surface area contributed by atoms with E-state index in [2.05, 4.69) is 0 Å². The van der Waals surface area contributed by atoms with Gasteiger partial charge in [-0.15, -0.1) is 0 Å². The second-order valence-corrected chi connectivity index (χ2v) is 12.7. The molecule has 0 N–H and O–H groups in total. The van der Waals surface area contributed by atoms with Crippen molar-refractivity contribution in [1.82, 2.24) is 8.61 Å². The highest BCUT2D eigenvalue weighted by atomic mass is 32.2. The number of methoxy groups -OCH3 is 2. The van der Waals surface area contributed by atoms with E-state index in [-0.39, 0.29) is 34.4 Å². The molecule has 0 radical (unpaired) electrons. The third kappa shape index (κ3) is 4.28. The Kier molecular flexibility index (Phi) is 6.54. The molecule has 0 atom stereocenters. The lowest BCUT2D eigenvalue weighted by atomic mass is 10.0. The smallest absolute Gasteiger partial charge is 0.247 e. The number of nitrogens with zero attached hydrogens (tertiary/aromatic N) is 2. The van der Waals surface area contributed by atoms with E-state index in [1.165, 1.54) is 35.0 Å². The predicted molar refractivity (Wildman–Crippen MR) is 135 cm³/mol. The van der Waals surface area contributed by atoms with Crippen LogP contribution in [0.4, 0.5) is 0 Å². The van der Waals surface area contributed by atoms with Crippen molar-refractivity contribution < 1.29 is 26.3 Å². The molecule has 5 rings (SSSR count). The molecule has 0 fully saturated rings. The highest BCUT2D eigenvalue weighted by molar-refractivity contribution is 7.90. The zero-order valence-electron chi connectivity index (χ0n) is 20.2. The van der Waals surface area contributed by atoms with Crippen molar-refractivity contribution in [2.75, 3.05) is 27.3 Å². The molecule has 3 aromatic carbocycles. The van der Waals surface area contributed by atoms with E-state index in [4.69, 9.17) is 9.47 Å². The molecule has 190 valence electrons. The fraction of sp³-hybridized carbons (Fsp3) is 0.308. The van der Waals surface area contributed by atoms with Crippen molar-refractivity contribution in [3.8, 4) is 11.5 Å². The van der Waals surface area contributed by atoms with Gasteiger partial charge in [-0.25, -0.2) is 16.8 Å². The van der Waals surface area contributed by atoms with Crippen molar-refractivity contribution in [2.45, 2.75) is 35.7 Å². The molecule has 2 heterocycles. The number of sulfonamides is 2.